The first-order valence-corrected chi connectivity index (χ1v) is 6.17. The molecule has 1 rings (SSSR count). The van der Waals surface area contributed by atoms with Crippen LogP contribution in [-0.2, 0) is 0 Å². The van der Waals surface area contributed by atoms with Gasteiger partial charge < -0.3 is 9.84 Å². The molecule has 0 spiro atoms. The van der Waals surface area contributed by atoms with E-state index >= 15 is 0 Å². The van der Waals surface area contributed by atoms with Gasteiger partial charge in [0.1, 0.15) is 5.82 Å². The molecule has 5 nitrogen and oxygen atoms in total. The summed E-state index contributed by atoms with van der Waals surface area (Å²) in [5.41, 5.74) is -0.394. The maximum atomic E-state index is 13.7. The Bertz CT molecular complexity index is 441. The van der Waals surface area contributed by atoms with Gasteiger partial charge in [0.2, 0.25) is 0 Å². The zero-order valence-corrected chi connectivity index (χ0v) is 10.9. The van der Waals surface area contributed by atoms with Crippen molar-refractivity contribution in [2.75, 3.05) is 13.7 Å². The molecule has 0 aliphatic heterocycles. The van der Waals surface area contributed by atoms with E-state index in [1.165, 1.54) is 24.9 Å². The van der Waals surface area contributed by atoms with Crippen LogP contribution in [0, 0.1) is 15.9 Å². The van der Waals surface area contributed by atoms with E-state index in [1.807, 2.05) is 6.92 Å². The van der Waals surface area contributed by atoms with Gasteiger partial charge in [0.15, 0.2) is 5.75 Å². The lowest BCUT2D eigenvalue weighted by molar-refractivity contribution is -0.386. The van der Waals surface area contributed by atoms with Gasteiger partial charge in [-0.25, -0.2) is 4.39 Å². The fraction of sp³-hybridized carbons (Fsp3) is 0.455. The van der Waals surface area contributed by atoms with Crippen molar-refractivity contribution < 1.29 is 19.2 Å². The highest BCUT2D eigenvalue weighted by Crippen LogP contribution is 2.36. The summed E-state index contributed by atoms with van der Waals surface area (Å²) in [5.74, 6) is -0.627. The molecule has 1 aromatic rings. The summed E-state index contributed by atoms with van der Waals surface area (Å²) in [5, 5.41) is 19.5. The number of aliphatic hydroxyl groups excluding tert-OH is 1. The summed E-state index contributed by atoms with van der Waals surface area (Å²) in [6, 6.07) is 2.17. The van der Waals surface area contributed by atoms with Crippen LogP contribution >= 0.6 is 11.8 Å². The molecule has 0 heterocycles. The van der Waals surface area contributed by atoms with Gasteiger partial charge in [-0.1, -0.05) is 6.92 Å². The van der Waals surface area contributed by atoms with Gasteiger partial charge in [0.25, 0.3) is 0 Å². The Morgan fingerprint density at radius 1 is 1.61 bits per heavy atom. The van der Waals surface area contributed by atoms with E-state index in [9.17, 15) is 14.5 Å². The predicted octanol–water partition coefficient (Wildman–Crippen LogP) is 2.61. The fourth-order valence-electron chi connectivity index (χ4n) is 1.38. The quantitative estimate of drug-likeness (QED) is 0.491. The maximum Gasteiger partial charge on any atom is 0.313 e. The van der Waals surface area contributed by atoms with E-state index in [1.54, 1.807) is 0 Å². The normalized spacial score (nSPS) is 12.2. The van der Waals surface area contributed by atoms with Crippen molar-refractivity contribution in [3.8, 4) is 5.75 Å². The number of aliphatic hydroxyl groups is 1. The van der Waals surface area contributed by atoms with Crippen molar-refractivity contribution in [2.24, 2.45) is 0 Å². The first-order chi connectivity index (χ1) is 8.49. The van der Waals surface area contributed by atoms with Crippen LogP contribution in [0.1, 0.15) is 13.3 Å². The van der Waals surface area contributed by atoms with Crippen molar-refractivity contribution in [3.63, 3.8) is 0 Å². The molecule has 0 aliphatic carbocycles. The van der Waals surface area contributed by atoms with Crippen molar-refractivity contribution >= 4 is 17.4 Å². The van der Waals surface area contributed by atoms with Crippen molar-refractivity contribution in [2.45, 2.75) is 23.5 Å². The largest absolute Gasteiger partial charge is 0.490 e. The summed E-state index contributed by atoms with van der Waals surface area (Å²) < 4.78 is 18.6. The predicted molar refractivity (Wildman–Crippen MR) is 66.6 cm³/mol. The number of ether oxygens (including phenoxy) is 1. The summed E-state index contributed by atoms with van der Waals surface area (Å²) in [4.78, 5) is 10.3. The molecule has 1 atom stereocenters. The smallest absolute Gasteiger partial charge is 0.313 e. The number of methoxy groups -OCH3 is 1. The molecular formula is C11H14FNO4S. The topological polar surface area (TPSA) is 72.6 Å². The number of thioether (sulfide) groups is 1. The Balaban J connectivity index is 3.03. The summed E-state index contributed by atoms with van der Waals surface area (Å²) in [6.45, 7) is 1.86. The minimum absolute atomic E-state index is 0.00987. The maximum absolute atomic E-state index is 13.7. The van der Waals surface area contributed by atoms with E-state index in [4.69, 9.17) is 9.84 Å². The Morgan fingerprint density at radius 2 is 2.28 bits per heavy atom. The van der Waals surface area contributed by atoms with Crippen molar-refractivity contribution in [3.05, 3.63) is 28.1 Å². The molecule has 0 radical (unpaired) electrons. The number of hydrogen-bond acceptors (Lipinski definition) is 5. The minimum Gasteiger partial charge on any atom is -0.490 e. The third-order valence-corrected chi connectivity index (χ3v) is 3.50. The van der Waals surface area contributed by atoms with Gasteiger partial charge >= 0.3 is 5.69 Å². The molecule has 18 heavy (non-hydrogen) atoms. The van der Waals surface area contributed by atoms with Gasteiger partial charge in [0.05, 0.1) is 18.1 Å². The summed E-state index contributed by atoms with van der Waals surface area (Å²) in [7, 11) is 1.30. The molecule has 1 aromatic carbocycles. The number of nitro benzene ring substituents is 1. The molecule has 0 aliphatic rings. The van der Waals surface area contributed by atoms with Gasteiger partial charge in [-0.15, -0.1) is 11.8 Å². The molecule has 0 saturated heterocycles. The van der Waals surface area contributed by atoms with Crippen molar-refractivity contribution in [1.29, 1.82) is 0 Å². The van der Waals surface area contributed by atoms with Crippen LogP contribution in [0.3, 0.4) is 0 Å². The SMILES string of the molecule is COc1cc(SC(C)CCO)c(F)cc1[N+](=O)[O-]. The molecule has 0 saturated carbocycles. The lowest BCUT2D eigenvalue weighted by atomic mass is 10.3. The van der Waals surface area contributed by atoms with E-state index < -0.39 is 16.4 Å². The third kappa shape index (κ3) is 3.58. The van der Waals surface area contributed by atoms with Crippen LogP contribution < -0.4 is 4.74 Å². The van der Waals surface area contributed by atoms with E-state index in [0.29, 0.717) is 6.42 Å². The zero-order chi connectivity index (χ0) is 13.7. The van der Waals surface area contributed by atoms with Crippen LogP contribution in [-0.4, -0.2) is 29.0 Å². The number of rotatable bonds is 6. The van der Waals surface area contributed by atoms with E-state index in [2.05, 4.69) is 0 Å². The first kappa shape index (κ1) is 14.7. The molecule has 100 valence electrons. The molecular weight excluding hydrogens is 261 g/mol. The standard InChI is InChI=1S/C11H14FNO4S/c1-7(3-4-14)18-11-6-10(17-2)9(13(15)16)5-8(11)12/h5-7,14H,3-4H2,1-2H3. The monoisotopic (exact) mass is 275 g/mol. The van der Waals surface area contributed by atoms with Gasteiger partial charge in [-0.05, 0) is 6.42 Å². The van der Waals surface area contributed by atoms with Gasteiger partial charge in [0, 0.05) is 22.8 Å². The molecule has 0 amide bonds. The summed E-state index contributed by atoms with van der Waals surface area (Å²) in [6.07, 6.45) is 0.517. The lowest BCUT2D eigenvalue weighted by Gasteiger charge is -2.11. The van der Waals surface area contributed by atoms with Crippen molar-refractivity contribution in [1.82, 2.24) is 0 Å². The second kappa shape index (κ2) is 6.55. The highest BCUT2D eigenvalue weighted by molar-refractivity contribution is 8.00. The average molecular weight is 275 g/mol. The molecule has 0 fully saturated rings. The number of nitro groups is 1. The zero-order valence-electron chi connectivity index (χ0n) is 10.1. The molecule has 0 bridgehead atoms. The fourth-order valence-corrected chi connectivity index (χ4v) is 2.38. The van der Waals surface area contributed by atoms with Crippen LogP contribution in [0.25, 0.3) is 0 Å². The molecule has 7 heteroatoms. The van der Waals surface area contributed by atoms with Crippen LogP contribution in [0.4, 0.5) is 10.1 Å². The van der Waals surface area contributed by atoms with E-state index in [0.717, 1.165) is 6.07 Å². The van der Waals surface area contributed by atoms with E-state index in [-0.39, 0.29) is 22.5 Å². The molecule has 1 N–H and O–H groups in total. The molecule has 0 aromatic heterocycles. The highest BCUT2D eigenvalue weighted by Gasteiger charge is 2.20. The number of hydrogen-bond donors (Lipinski definition) is 1. The minimum atomic E-state index is -0.687. The van der Waals surface area contributed by atoms with Gasteiger partial charge in [-0.3, -0.25) is 10.1 Å². The second-order valence-corrected chi connectivity index (χ2v) is 5.13. The summed E-state index contributed by atoms with van der Waals surface area (Å²) >= 11 is 1.21. The number of benzene rings is 1. The second-order valence-electron chi connectivity index (χ2n) is 3.65. The lowest BCUT2D eigenvalue weighted by Crippen LogP contribution is -2.01. The first-order valence-electron chi connectivity index (χ1n) is 5.29. The highest BCUT2D eigenvalue weighted by atomic mass is 32.2. The molecule has 1 unspecified atom stereocenters. The number of nitrogens with zero attached hydrogens (tertiary/aromatic N) is 1. The Kier molecular flexibility index (Phi) is 5.36. The Morgan fingerprint density at radius 3 is 2.78 bits per heavy atom. The Labute approximate surface area is 108 Å². The number of halogens is 1. The van der Waals surface area contributed by atoms with Crippen LogP contribution in [0.15, 0.2) is 17.0 Å². The Hall–Kier alpha value is -1.34. The van der Waals surface area contributed by atoms with Gasteiger partial charge in [-0.2, -0.15) is 0 Å². The van der Waals surface area contributed by atoms with Crippen LogP contribution in [0.2, 0.25) is 0 Å². The van der Waals surface area contributed by atoms with Crippen LogP contribution in [0.5, 0.6) is 5.75 Å². The third-order valence-electron chi connectivity index (χ3n) is 2.29. The average Bonchev–Trinajstić information content (AvgIpc) is 2.31.